The summed E-state index contributed by atoms with van der Waals surface area (Å²) >= 11 is 6.15. The van der Waals surface area contributed by atoms with Gasteiger partial charge in [0.05, 0.1) is 40.3 Å². The molecule has 0 atom stereocenters. The van der Waals surface area contributed by atoms with Gasteiger partial charge in [0.25, 0.3) is 0 Å². The average molecular weight is 302 g/mol. The Hall–Kier alpha value is -2.38. The summed E-state index contributed by atoms with van der Waals surface area (Å²) < 4.78 is 5.59. The summed E-state index contributed by atoms with van der Waals surface area (Å²) in [6.07, 6.45) is 0.915. The highest BCUT2D eigenvalue weighted by Gasteiger charge is 2.08. The number of anilines is 3. The van der Waals surface area contributed by atoms with Gasteiger partial charge in [-0.15, -0.1) is 0 Å². The number of hydrogen-bond donors (Lipinski definition) is 2. The first-order chi connectivity index (χ1) is 10.2. The minimum absolute atomic E-state index is 0.466. The second kappa shape index (κ2) is 6.87. The molecule has 0 aliphatic heterocycles. The maximum absolute atomic E-state index is 8.84. The fraction of sp³-hybridized carbons (Fsp3) is 0.188. The van der Waals surface area contributed by atoms with Crippen molar-refractivity contribution in [2.24, 2.45) is 0 Å². The number of rotatable bonds is 5. The van der Waals surface area contributed by atoms with Gasteiger partial charge in [-0.3, -0.25) is 0 Å². The van der Waals surface area contributed by atoms with Crippen LogP contribution in [0.1, 0.15) is 18.9 Å². The van der Waals surface area contributed by atoms with Crippen molar-refractivity contribution in [3.63, 3.8) is 0 Å². The Morgan fingerprint density at radius 3 is 2.76 bits per heavy atom. The quantitative estimate of drug-likeness (QED) is 0.806. The molecule has 108 valence electrons. The van der Waals surface area contributed by atoms with Gasteiger partial charge >= 0.3 is 0 Å². The number of ether oxygens (including phenoxy) is 1. The van der Waals surface area contributed by atoms with E-state index < -0.39 is 0 Å². The van der Waals surface area contributed by atoms with E-state index in [0.29, 0.717) is 34.3 Å². The molecule has 0 radical (unpaired) electrons. The normalized spacial score (nSPS) is 9.95. The molecule has 0 fully saturated rings. The van der Waals surface area contributed by atoms with Gasteiger partial charge in [0.2, 0.25) is 0 Å². The van der Waals surface area contributed by atoms with Gasteiger partial charge in [0.1, 0.15) is 5.75 Å². The van der Waals surface area contributed by atoms with Crippen LogP contribution in [-0.2, 0) is 0 Å². The summed E-state index contributed by atoms with van der Waals surface area (Å²) in [7, 11) is 0. The summed E-state index contributed by atoms with van der Waals surface area (Å²) in [6, 6.07) is 12.6. The van der Waals surface area contributed by atoms with Gasteiger partial charge in [-0.25, -0.2) is 0 Å². The first-order valence-electron chi connectivity index (χ1n) is 6.63. The number of halogens is 1. The molecule has 0 aliphatic carbocycles. The molecule has 2 rings (SSSR count). The molecule has 4 nitrogen and oxygen atoms in total. The van der Waals surface area contributed by atoms with Crippen LogP contribution in [0.2, 0.25) is 5.02 Å². The Kier molecular flexibility index (Phi) is 4.91. The molecule has 2 aromatic rings. The van der Waals surface area contributed by atoms with E-state index in [2.05, 4.69) is 5.32 Å². The highest BCUT2D eigenvalue weighted by atomic mass is 35.5. The molecule has 2 aromatic carbocycles. The maximum Gasteiger partial charge on any atom is 0.144 e. The minimum atomic E-state index is 0.466. The Labute approximate surface area is 129 Å². The van der Waals surface area contributed by atoms with Crippen molar-refractivity contribution in [1.82, 2.24) is 0 Å². The van der Waals surface area contributed by atoms with Crippen molar-refractivity contribution < 1.29 is 4.74 Å². The summed E-state index contributed by atoms with van der Waals surface area (Å²) in [5.41, 5.74) is 8.55. The molecule has 3 N–H and O–H groups in total. The molecule has 21 heavy (non-hydrogen) atoms. The molecule has 0 amide bonds. The first kappa shape index (κ1) is 15.0. The van der Waals surface area contributed by atoms with Crippen LogP contribution in [0.3, 0.4) is 0 Å². The average Bonchev–Trinajstić information content (AvgIpc) is 2.50. The number of nitrogens with one attached hydrogen (secondary N) is 1. The zero-order valence-electron chi connectivity index (χ0n) is 11.7. The van der Waals surface area contributed by atoms with Crippen molar-refractivity contribution in [2.45, 2.75) is 13.3 Å². The fourth-order valence-corrected chi connectivity index (χ4v) is 2.05. The largest absolute Gasteiger partial charge is 0.491 e. The third-order valence-electron chi connectivity index (χ3n) is 2.90. The number of nitrogen functional groups attached to an aromatic ring is 1. The van der Waals surface area contributed by atoms with Crippen molar-refractivity contribution in [2.75, 3.05) is 17.7 Å². The monoisotopic (exact) mass is 301 g/mol. The van der Waals surface area contributed by atoms with Gasteiger partial charge in [0, 0.05) is 0 Å². The van der Waals surface area contributed by atoms with E-state index in [0.717, 1.165) is 12.1 Å². The lowest BCUT2D eigenvalue weighted by Crippen LogP contribution is -2.02. The Morgan fingerprint density at radius 2 is 2.10 bits per heavy atom. The molecule has 0 saturated carbocycles. The van der Waals surface area contributed by atoms with Crippen LogP contribution < -0.4 is 15.8 Å². The first-order valence-corrected chi connectivity index (χ1v) is 7.01. The molecule has 0 bridgehead atoms. The van der Waals surface area contributed by atoms with Crippen molar-refractivity contribution >= 4 is 28.7 Å². The predicted molar refractivity (Wildman–Crippen MR) is 86.1 cm³/mol. The van der Waals surface area contributed by atoms with E-state index in [-0.39, 0.29) is 0 Å². The highest BCUT2D eigenvalue weighted by molar-refractivity contribution is 6.33. The van der Waals surface area contributed by atoms with Gasteiger partial charge in [-0.1, -0.05) is 24.6 Å². The number of nitrogens with zero attached hydrogens (tertiary/aromatic N) is 1. The van der Waals surface area contributed by atoms with Crippen LogP contribution in [-0.4, -0.2) is 6.61 Å². The maximum atomic E-state index is 8.84. The van der Waals surface area contributed by atoms with Gasteiger partial charge in [0.15, 0.2) is 0 Å². The van der Waals surface area contributed by atoms with Gasteiger partial charge in [-0.05, 0) is 36.8 Å². The Bertz CT molecular complexity index is 680. The van der Waals surface area contributed by atoms with Gasteiger partial charge in [-0.2, -0.15) is 5.26 Å². The fourth-order valence-electron chi connectivity index (χ4n) is 1.82. The van der Waals surface area contributed by atoms with Crippen LogP contribution in [0.4, 0.5) is 17.1 Å². The van der Waals surface area contributed by atoms with Gasteiger partial charge < -0.3 is 15.8 Å². The second-order valence-corrected chi connectivity index (χ2v) is 4.90. The molecule has 0 aliphatic rings. The summed E-state index contributed by atoms with van der Waals surface area (Å²) in [6.45, 7) is 2.65. The van der Waals surface area contributed by atoms with Crippen LogP contribution in [0.25, 0.3) is 0 Å². The van der Waals surface area contributed by atoms with E-state index in [4.69, 9.17) is 27.3 Å². The Balaban J connectivity index is 2.26. The topological polar surface area (TPSA) is 71.1 Å². The summed E-state index contributed by atoms with van der Waals surface area (Å²) in [4.78, 5) is 0. The van der Waals surface area contributed by atoms with E-state index in [1.165, 1.54) is 0 Å². The smallest absolute Gasteiger partial charge is 0.144 e. The van der Waals surface area contributed by atoms with Crippen molar-refractivity contribution in [1.29, 1.82) is 5.26 Å². The van der Waals surface area contributed by atoms with E-state index >= 15 is 0 Å². The van der Waals surface area contributed by atoms with Crippen LogP contribution in [0, 0.1) is 11.3 Å². The molecule has 0 saturated heterocycles. The second-order valence-electron chi connectivity index (χ2n) is 4.50. The van der Waals surface area contributed by atoms with E-state index in [1.54, 1.807) is 18.2 Å². The molecular weight excluding hydrogens is 286 g/mol. The summed E-state index contributed by atoms with van der Waals surface area (Å²) in [5, 5.41) is 12.5. The highest BCUT2D eigenvalue weighted by Crippen LogP contribution is 2.34. The number of benzene rings is 2. The number of para-hydroxylation sites is 1. The third kappa shape index (κ3) is 3.59. The minimum Gasteiger partial charge on any atom is -0.491 e. The zero-order valence-corrected chi connectivity index (χ0v) is 12.4. The molecular formula is C16H16ClN3O. The predicted octanol–water partition coefficient (Wildman–Crippen LogP) is 4.33. The standard InChI is InChI=1S/C16H16ClN3O/c1-2-8-21-15-5-3-4-14(16(15)19)20-13-7-6-11(10-18)9-12(13)17/h3-7,9,20H,2,8,19H2,1H3. The zero-order chi connectivity index (χ0) is 15.2. The Morgan fingerprint density at radius 1 is 1.29 bits per heavy atom. The lowest BCUT2D eigenvalue weighted by Gasteiger charge is -2.14. The third-order valence-corrected chi connectivity index (χ3v) is 3.21. The number of nitrogens with two attached hydrogens (primary N) is 1. The SMILES string of the molecule is CCCOc1cccc(Nc2ccc(C#N)cc2Cl)c1N. The van der Waals surface area contributed by atoms with E-state index in [9.17, 15) is 0 Å². The molecule has 0 heterocycles. The molecule has 0 spiro atoms. The van der Waals surface area contributed by atoms with Crippen LogP contribution in [0.15, 0.2) is 36.4 Å². The van der Waals surface area contributed by atoms with Crippen molar-refractivity contribution in [3.8, 4) is 11.8 Å². The van der Waals surface area contributed by atoms with E-state index in [1.807, 2.05) is 31.2 Å². The molecule has 5 heteroatoms. The number of hydrogen-bond acceptors (Lipinski definition) is 4. The number of nitriles is 1. The molecule has 0 unspecified atom stereocenters. The van der Waals surface area contributed by atoms with Crippen molar-refractivity contribution in [3.05, 3.63) is 47.0 Å². The van der Waals surface area contributed by atoms with Crippen LogP contribution in [0.5, 0.6) is 5.75 Å². The lowest BCUT2D eigenvalue weighted by atomic mass is 10.2. The molecule has 0 aromatic heterocycles. The summed E-state index contributed by atoms with van der Waals surface area (Å²) in [5.74, 6) is 0.645. The lowest BCUT2D eigenvalue weighted by molar-refractivity contribution is 0.319. The van der Waals surface area contributed by atoms with Crippen LogP contribution >= 0.6 is 11.6 Å².